The van der Waals surface area contributed by atoms with Crippen molar-refractivity contribution in [2.45, 2.75) is 24.8 Å². The van der Waals surface area contributed by atoms with Crippen LogP contribution < -0.4 is 15.6 Å². The van der Waals surface area contributed by atoms with Gasteiger partial charge in [-0.1, -0.05) is 35.3 Å². The molecule has 3 rings (SSSR count). The average Bonchev–Trinajstić information content (AvgIpc) is 2.76. The van der Waals surface area contributed by atoms with E-state index in [-0.39, 0.29) is 27.2 Å². The number of sulfonamides is 1. The quantitative estimate of drug-likeness (QED) is 0.494. The minimum absolute atomic E-state index is 0.0161. The van der Waals surface area contributed by atoms with E-state index in [2.05, 4.69) is 20.1 Å². The van der Waals surface area contributed by atoms with Crippen LogP contribution in [-0.2, 0) is 27.8 Å². The van der Waals surface area contributed by atoms with Gasteiger partial charge in [-0.05, 0) is 36.8 Å². The Kier molecular flexibility index (Phi) is 7.62. The zero-order chi connectivity index (χ0) is 23.3. The molecule has 1 aromatic carbocycles. The number of hydrogen-bond acceptors (Lipinski definition) is 6. The number of carbonyl (C=O) groups is 1. The fourth-order valence-electron chi connectivity index (χ4n) is 2.86. The van der Waals surface area contributed by atoms with E-state index >= 15 is 0 Å². The van der Waals surface area contributed by atoms with E-state index in [1.807, 2.05) is 12.1 Å². The minimum atomic E-state index is -3.82. The summed E-state index contributed by atoms with van der Waals surface area (Å²) in [6, 6.07) is 9.94. The molecule has 3 aromatic rings. The van der Waals surface area contributed by atoms with Crippen LogP contribution in [0.15, 0.2) is 58.5 Å². The molecule has 0 spiro atoms. The summed E-state index contributed by atoms with van der Waals surface area (Å²) in [5.74, 6) is -0.584. The topological polar surface area (TPSA) is 123 Å². The summed E-state index contributed by atoms with van der Waals surface area (Å²) < 4.78 is 28.9. The van der Waals surface area contributed by atoms with E-state index in [4.69, 9.17) is 23.2 Å². The lowest BCUT2D eigenvalue weighted by atomic mass is 10.2. The summed E-state index contributed by atoms with van der Waals surface area (Å²) in [4.78, 5) is 28.6. The van der Waals surface area contributed by atoms with Crippen LogP contribution in [0.1, 0.15) is 11.3 Å². The lowest BCUT2D eigenvalue weighted by molar-refractivity contribution is -0.117. The molecule has 9 nitrogen and oxygen atoms in total. The van der Waals surface area contributed by atoms with Crippen LogP contribution in [0.4, 0.5) is 5.69 Å². The number of carbonyl (C=O) groups excluding carboxylic acids is 1. The zero-order valence-electron chi connectivity index (χ0n) is 16.9. The maximum Gasteiger partial charge on any atom is 0.287 e. The van der Waals surface area contributed by atoms with E-state index in [1.54, 1.807) is 25.3 Å². The van der Waals surface area contributed by atoms with Crippen LogP contribution in [0.3, 0.4) is 0 Å². The second kappa shape index (κ2) is 10.2. The monoisotopic (exact) mass is 495 g/mol. The first-order chi connectivity index (χ1) is 15.2. The Hall–Kier alpha value is -2.79. The highest BCUT2D eigenvalue weighted by Gasteiger charge is 2.19. The third-order valence-corrected chi connectivity index (χ3v) is 6.84. The van der Waals surface area contributed by atoms with Crippen molar-refractivity contribution in [2.75, 3.05) is 11.9 Å². The van der Waals surface area contributed by atoms with Crippen LogP contribution in [-0.4, -0.2) is 35.6 Å². The summed E-state index contributed by atoms with van der Waals surface area (Å²) >= 11 is 11.5. The van der Waals surface area contributed by atoms with Crippen molar-refractivity contribution in [1.82, 2.24) is 19.5 Å². The van der Waals surface area contributed by atoms with E-state index in [0.717, 1.165) is 16.6 Å². The van der Waals surface area contributed by atoms with Crippen molar-refractivity contribution in [3.63, 3.8) is 0 Å². The number of nitrogens with zero attached hydrogens (tertiary/aromatic N) is 3. The molecule has 0 bridgehead atoms. The first-order valence-corrected chi connectivity index (χ1v) is 11.6. The van der Waals surface area contributed by atoms with Crippen molar-refractivity contribution in [1.29, 1.82) is 0 Å². The minimum Gasteiger partial charge on any atom is -0.324 e. The number of hydrogen-bond donors (Lipinski definition) is 2. The molecule has 0 saturated heterocycles. The van der Waals surface area contributed by atoms with Gasteiger partial charge in [-0.15, -0.1) is 0 Å². The number of rotatable bonds is 8. The van der Waals surface area contributed by atoms with Gasteiger partial charge in [0, 0.05) is 30.5 Å². The van der Waals surface area contributed by atoms with Gasteiger partial charge in [0.2, 0.25) is 15.9 Å². The van der Waals surface area contributed by atoms with Crippen LogP contribution in [0.25, 0.3) is 0 Å². The molecule has 0 aliphatic heterocycles. The summed E-state index contributed by atoms with van der Waals surface area (Å²) in [5.41, 5.74) is 0.690. The zero-order valence-corrected chi connectivity index (χ0v) is 19.2. The lowest BCUT2D eigenvalue weighted by Gasteiger charge is -2.14. The predicted molar refractivity (Wildman–Crippen MR) is 121 cm³/mol. The molecule has 0 aliphatic rings. The number of halogens is 2. The molecule has 0 saturated carbocycles. The SMILES string of the molecule is Cc1c(NC(=O)Cn2ncc(Cl)c(Cl)c2=O)cccc1S(=O)(=O)NCCc1ccccn1. The van der Waals surface area contributed by atoms with E-state index in [0.29, 0.717) is 12.0 Å². The van der Waals surface area contributed by atoms with Gasteiger partial charge in [0.25, 0.3) is 5.56 Å². The highest BCUT2D eigenvalue weighted by atomic mass is 35.5. The number of nitrogens with one attached hydrogen (secondary N) is 2. The van der Waals surface area contributed by atoms with Crippen LogP contribution in [0.2, 0.25) is 10.0 Å². The Morgan fingerprint density at radius 3 is 2.66 bits per heavy atom. The molecule has 12 heteroatoms. The van der Waals surface area contributed by atoms with E-state index in [1.165, 1.54) is 12.1 Å². The number of aromatic nitrogens is 3. The van der Waals surface area contributed by atoms with Crippen molar-refractivity contribution in [3.8, 4) is 0 Å². The van der Waals surface area contributed by atoms with Crippen molar-refractivity contribution in [3.05, 3.63) is 80.4 Å². The van der Waals surface area contributed by atoms with Crippen LogP contribution in [0.5, 0.6) is 0 Å². The molecule has 0 radical (unpaired) electrons. The second-order valence-electron chi connectivity index (χ2n) is 6.72. The van der Waals surface area contributed by atoms with E-state index < -0.39 is 28.0 Å². The van der Waals surface area contributed by atoms with Gasteiger partial charge in [0.1, 0.15) is 11.6 Å². The first kappa shape index (κ1) is 23.9. The molecular formula is C20H19Cl2N5O4S. The number of pyridine rings is 1. The third kappa shape index (κ3) is 5.71. The highest BCUT2D eigenvalue weighted by Crippen LogP contribution is 2.23. The van der Waals surface area contributed by atoms with Gasteiger partial charge in [-0.25, -0.2) is 17.8 Å². The molecule has 2 heterocycles. The van der Waals surface area contributed by atoms with Gasteiger partial charge in [-0.3, -0.25) is 14.6 Å². The number of anilines is 1. The Balaban J connectivity index is 1.71. The summed E-state index contributed by atoms with van der Waals surface area (Å²) in [6.45, 7) is 1.32. The highest BCUT2D eigenvalue weighted by molar-refractivity contribution is 7.89. The normalized spacial score (nSPS) is 11.3. The van der Waals surface area contributed by atoms with Gasteiger partial charge in [0.15, 0.2) is 0 Å². The van der Waals surface area contributed by atoms with Gasteiger partial charge >= 0.3 is 0 Å². The molecule has 1 amide bonds. The summed E-state index contributed by atoms with van der Waals surface area (Å²) in [7, 11) is -3.82. The molecule has 168 valence electrons. The Morgan fingerprint density at radius 2 is 1.94 bits per heavy atom. The molecule has 2 aromatic heterocycles. The van der Waals surface area contributed by atoms with Gasteiger partial charge in [0.05, 0.1) is 16.1 Å². The fourth-order valence-corrected chi connectivity index (χ4v) is 4.43. The molecule has 0 fully saturated rings. The molecule has 32 heavy (non-hydrogen) atoms. The average molecular weight is 496 g/mol. The standard InChI is InChI=1S/C20H19Cl2N5O4S/c1-13-16(26-18(28)12-27-20(29)19(22)15(21)11-24-27)6-4-7-17(13)32(30,31)25-10-8-14-5-2-3-9-23-14/h2-7,9,11,25H,8,10,12H2,1H3,(H,26,28). The molecule has 2 N–H and O–H groups in total. The first-order valence-electron chi connectivity index (χ1n) is 9.39. The molecule has 0 atom stereocenters. The number of benzene rings is 1. The predicted octanol–water partition coefficient (Wildman–Crippen LogP) is 2.41. The van der Waals surface area contributed by atoms with Crippen molar-refractivity contribution < 1.29 is 13.2 Å². The Labute approximate surface area is 194 Å². The Morgan fingerprint density at radius 1 is 1.16 bits per heavy atom. The summed E-state index contributed by atoms with van der Waals surface area (Å²) in [5, 5.41) is 6.12. The molecular weight excluding hydrogens is 477 g/mol. The van der Waals surface area contributed by atoms with Crippen LogP contribution in [0, 0.1) is 6.92 Å². The summed E-state index contributed by atoms with van der Waals surface area (Å²) in [6.07, 6.45) is 3.23. The fraction of sp³-hybridized carbons (Fsp3) is 0.200. The van der Waals surface area contributed by atoms with E-state index in [9.17, 15) is 18.0 Å². The lowest BCUT2D eigenvalue weighted by Crippen LogP contribution is -2.30. The molecule has 0 unspecified atom stereocenters. The van der Waals surface area contributed by atoms with Crippen molar-refractivity contribution >= 4 is 44.8 Å². The largest absolute Gasteiger partial charge is 0.324 e. The Bertz CT molecular complexity index is 1300. The number of amides is 1. The second-order valence-corrected chi connectivity index (χ2v) is 9.24. The van der Waals surface area contributed by atoms with Gasteiger partial charge < -0.3 is 5.32 Å². The van der Waals surface area contributed by atoms with Crippen LogP contribution >= 0.6 is 23.2 Å². The van der Waals surface area contributed by atoms with Crippen molar-refractivity contribution in [2.24, 2.45) is 0 Å². The van der Waals surface area contributed by atoms with Gasteiger partial charge in [-0.2, -0.15) is 5.10 Å². The third-order valence-electron chi connectivity index (χ3n) is 4.48. The molecule has 0 aliphatic carbocycles. The maximum atomic E-state index is 12.8. The maximum absolute atomic E-state index is 12.8. The smallest absolute Gasteiger partial charge is 0.287 e.